The molecule has 1 fully saturated rings. The number of hydrogen-bond donors (Lipinski definition) is 2. The molecule has 7 nitrogen and oxygen atoms in total. The maximum absolute atomic E-state index is 11.8. The lowest BCUT2D eigenvalue weighted by atomic mass is 9.78. The third-order valence-corrected chi connectivity index (χ3v) is 2.94. The van der Waals surface area contributed by atoms with Crippen LogP contribution in [-0.2, 0) is 11.3 Å². The normalized spacial score (nSPS) is 17.2. The number of rotatable bonds is 4. The second kappa shape index (κ2) is 4.15. The molecule has 0 saturated heterocycles. The van der Waals surface area contributed by atoms with Gasteiger partial charge < -0.3 is 10.4 Å². The van der Waals surface area contributed by atoms with Gasteiger partial charge in [-0.25, -0.2) is 4.68 Å². The van der Waals surface area contributed by atoms with E-state index in [1.54, 1.807) is 0 Å². The van der Waals surface area contributed by atoms with Gasteiger partial charge in [-0.1, -0.05) is 5.21 Å². The van der Waals surface area contributed by atoms with Crippen LogP contribution in [0.1, 0.15) is 36.7 Å². The van der Waals surface area contributed by atoms with Crippen molar-refractivity contribution < 1.29 is 14.7 Å². The Balaban J connectivity index is 1.99. The molecule has 1 heterocycles. The zero-order valence-corrected chi connectivity index (χ0v) is 9.51. The predicted octanol–water partition coefficient (Wildman–Crippen LogP) is 0.0351. The first kappa shape index (κ1) is 11.6. The van der Waals surface area contributed by atoms with E-state index >= 15 is 0 Å². The Morgan fingerprint density at radius 2 is 2.29 bits per heavy atom. The number of aromatic nitrogens is 3. The molecule has 17 heavy (non-hydrogen) atoms. The topological polar surface area (TPSA) is 97.1 Å². The third-order valence-electron chi connectivity index (χ3n) is 2.94. The summed E-state index contributed by atoms with van der Waals surface area (Å²) in [6, 6.07) is 0. The summed E-state index contributed by atoms with van der Waals surface area (Å²) in [7, 11) is 0. The van der Waals surface area contributed by atoms with Gasteiger partial charge in [-0.3, -0.25) is 9.59 Å². The lowest BCUT2D eigenvalue weighted by molar-refractivity contribution is -0.137. The van der Waals surface area contributed by atoms with Crippen LogP contribution >= 0.6 is 0 Å². The number of nitrogens with one attached hydrogen (secondary N) is 1. The summed E-state index contributed by atoms with van der Waals surface area (Å²) in [5.74, 6) is -1.32. The molecule has 0 bridgehead atoms. The molecule has 1 aromatic heterocycles. The third kappa shape index (κ3) is 2.61. The van der Waals surface area contributed by atoms with Gasteiger partial charge in [0.15, 0.2) is 5.69 Å². The molecule has 1 amide bonds. The molecule has 92 valence electrons. The zero-order chi connectivity index (χ0) is 12.5. The Morgan fingerprint density at radius 3 is 2.82 bits per heavy atom. The lowest BCUT2D eigenvalue weighted by Gasteiger charge is -2.38. The predicted molar refractivity (Wildman–Crippen MR) is 57.4 cm³/mol. The van der Waals surface area contributed by atoms with Gasteiger partial charge in [0.25, 0.3) is 5.91 Å². The van der Waals surface area contributed by atoms with E-state index in [1.165, 1.54) is 6.20 Å². The second-order valence-corrected chi connectivity index (χ2v) is 4.56. The van der Waals surface area contributed by atoms with E-state index in [0.717, 1.165) is 23.9 Å². The maximum Gasteiger partial charge on any atom is 0.325 e. The molecule has 0 unspecified atom stereocenters. The standard InChI is InChI=1S/C10H14N4O3/c1-10(3-2-4-10)11-9(17)7-5-14(13-12-7)6-8(15)16/h5H,2-4,6H2,1H3,(H,11,17)(H,15,16). The number of aliphatic carboxylic acids is 1. The summed E-state index contributed by atoms with van der Waals surface area (Å²) in [6.07, 6.45) is 4.37. The van der Waals surface area contributed by atoms with Crippen LogP contribution in [0.3, 0.4) is 0 Å². The number of carboxylic acid groups (broad SMARTS) is 1. The van der Waals surface area contributed by atoms with Gasteiger partial charge in [0, 0.05) is 5.54 Å². The molecule has 1 saturated carbocycles. The van der Waals surface area contributed by atoms with Crippen LogP contribution in [0.25, 0.3) is 0 Å². The number of hydrogen-bond acceptors (Lipinski definition) is 4. The molecule has 2 rings (SSSR count). The number of carbonyl (C=O) groups is 2. The summed E-state index contributed by atoms with van der Waals surface area (Å²) in [5, 5.41) is 18.7. The summed E-state index contributed by atoms with van der Waals surface area (Å²) in [5.41, 5.74) is 0.00702. The van der Waals surface area contributed by atoms with Crippen molar-refractivity contribution in [2.24, 2.45) is 0 Å². The number of nitrogens with zero attached hydrogens (tertiary/aromatic N) is 3. The molecule has 1 aliphatic rings. The fourth-order valence-corrected chi connectivity index (χ4v) is 1.79. The monoisotopic (exact) mass is 238 g/mol. The molecule has 0 atom stereocenters. The van der Waals surface area contributed by atoms with E-state index in [2.05, 4.69) is 15.6 Å². The van der Waals surface area contributed by atoms with Crippen LogP contribution in [0.4, 0.5) is 0 Å². The van der Waals surface area contributed by atoms with Crippen molar-refractivity contribution in [3.8, 4) is 0 Å². The van der Waals surface area contributed by atoms with Crippen molar-refractivity contribution in [2.45, 2.75) is 38.3 Å². The first-order valence-electron chi connectivity index (χ1n) is 5.43. The summed E-state index contributed by atoms with van der Waals surface area (Å²) < 4.78 is 1.13. The van der Waals surface area contributed by atoms with Gasteiger partial charge in [0.2, 0.25) is 0 Å². The van der Waals surface area contributed by atoms with Crippen LogP contribution in [-0.4, -0.2) is 37.5 Å². The van der Waals surface area contributed by atoms with E-state index in [0.29, 0.717) is 0 Å². The number of amides is 1. The van der Waals surface area contributed by atoms with Gasteiger partial charge in [-0.2, -0.15) is 0 Å². The van der Waals surface area contributed by atoms with E-state index < -0.39 is 5.97 Å². The molecular formula is C10H14N4O3. The fraction of sp³-hybridized carbons (Fsp3) is 0.600. The first-order chi connectivity index (χ1) is 7.98. The Labute approximate surface area is 97.8 Å². The molecule has 0 aliphatic heterocycles. The maximum atomic E-state index is 11.8. The van der Waals surface area contributed by atoms with Crippen LogP contribution in [0.2, 0.25) is 0 Å². The molecule has 0 aromatic carbocycles. The molecule has 7 heteroatoms. The number of carbonyl (C=O) groups excluding carboxylic acids is 1. The highest BCUT2D eigenvalue weighted by Gasteiger charge is 2.33. The minimum atomic E-state index is -1.02. The highest BCUT2D eigenvalue weighted by molar-refractivity contribution is 5.92. The summed E-state index contributed by atoms with van der Waals surface area (Å²) >= 11 is 0. The second-order valence-electron chi connectivity index (χ2n) is 4.56. The molecule has 0 spiro atoms. The van der Waals surface area contributed by atoms with E-state index in [9.17, 15) is 9.59 Å². The average molecular weight is 238 g/mol. The van der Waals surface area contributed by atoms with E-state index in [4.69, 9.17) is 5.11 Å². The van der Waals surface area contributed by atoms with Crippen molar-refractivity contribution in [3.05, 3.63) is 11.9 Å². The van der Waals surface area contributed by atoms with Crippen LogP contribution < -0.4 is 5.32 Å². The molecule has 0 radical (unpaired) electrons. The van der Waals surface area contributed by atoms with E-state index in [-0.39, 0.29) is 23.7 Å². The first-order valence-corrected chi connectivity index (χ1v) is 5.43. The number of carboxylic acids is 1. The van der Waals surface area contributed by atoms with Crippen molar-refractivity contribution >= 4 is 11.9 Å². The molecule has 1 aliphatic carbocycles. The lowest BCUT2D eigenvalue weighted by Crippen LogP contribution is -2.51. The highest BCUT2D eigenvalue weighted by atomic mass is 16.4. The van der Waals surface area contributed by atoms with E-state index in [1.807, 2.05) is 6.92 Å². The van der Waals surface area contributed by atoms with Crippen molar-refractivity contribution in [3.63, 3.8) is 0 Å². The molecule has 1 aromatic rings. The highest BCUT2D eigenvalue weighted by Crippen LogP contribution is 2.30. The van der Waals surface area contributed by atoms with Gasteiger partial charge in [-0.05, 0) is 26.2 Å². The van der Waals surface area contributed by atoms with Gasteiger partial charge in [-0.15, -0.1) is 5.10 Å². The molecule has 2 N–H and O–H groups in total. The van der Waals surface area contributed by atoms with Crippen molar-refractivity contribution in [1.82, 2.24) is 20.3 Å². The van der Waals surface area contributed by atoms with Gasteiger partial charge in [0.05, 0.1) is 6.20 Å². The van der Waals surface area contributed by atoms with Crippen molar-refractivity contribution in [2.75, 3.05) is 0 Å². The van der Waals surface area contributed by atoms with Crippen LogP contribution in [0.5, 0.6) is 0 Å². The van der Waals surface area contributed by atoms with Crippen molar-refractivity contribution in [1.29, 1.82) is 0 Å². The Hall–Kier alpha value is -1.92. The summed E-state index contributed by atoms with van der Waals surface area (Å²) in [4.78, 5) is 22.2. The van der Waals surface area contributed by atoms with Crippen LogP contribution in [0, 0.1) is 0 Å². The fourth-order valence-electron chi connectivity index (χ4n) is 1.79. The minimum absolute atomic E-state index is 0.145. The average Bonchev–Trinajstić information content (AvgIpc) is 2.62. The zero-order valence-electron chi connectivity index (χ0n) is 9.51. The Morgan fingerprint density at radius 1 is 1.59 bits per heavy atom. The quantitative estimate of drug-likeness (QED) is 0.771. The van der Waals surface area contributed by atoms with Gasteiger partial charge in [0.1, 0.15) is 6.54 Å². The molecular weight excluding hydrogens is 224 g/mol. The largest absolute Gasteiger partial charge is 0.480 e. The Kier molecular flexibility index (Phi) is 2.83. The van der Waals surface area contributed by atoms with Gasteiger partial charge >= 0.3 is 5.97 Å². The SMILES string of the molecule is CC1(NC(=O)c2cn(CC(=O)O)nn2)CCC1. The Bertz CT molecular complexity index is 450. The minimum Gasteiger partial charge on any atom is -0.480 e. The van der Waals surface area contributed by atoms with Crippen LogP contribution in [0.15, 0.2) is 6.20 Å². The summed E-state index contributed by atoms with van der Waals surface area (Å²) in [6.45, 7) is 1.69. The smallest absolute Gasteiger partial charge is 0.325 e.